The lowest BCUT2D eigenvalue weighted by Gasteiger charge is -2.07. The quantitative estimate of drug-likeness (QED) is 0.731. The molecule has 6 heteroatoms. The number of nitrogens with one attached hydrogen (secondary N) is 1. The number of rotatable bonds is 3. The van der Waals surface area contributed by atoms with Crippen LogP contribution in [0.4, 0.5) is 0 Å². The van der Waals surface area contributed by atoms with Crippen LogP contribution in [0.2, 0.25) is 0 Å². The van der Waals surface area contributed by atoms with Gasteiger partial charge in [0.15, 0.2) is 5.82 Å². The second kappa shape index (κ2) is 5.49. The molecule has 5 nitrogen and oxygen atoms in total. The average molecular weight is 299 g/mol. The van der Waals surface area contributed by atoms with Gasteiger partial charge >= 0.3 is 5.69 Å². The number of nitrogens with zero attached hydrogens (tertiary/aromatic N) is 2. The molecule has 1 heterocycles. The fourth-order valence-corrected chi connectivity index (χ4v) is 2.19. The number of methoxy groups -OCH3 is 1. The van der Waals surface area contributed by atoms with E-state index in [2.05, 4.69) is 22.7 Å². The fraction of sp³-hybridized carbons (Fsp3) is 0.0667. The van der Waals surface area contributed by atoms with Crippen LogP contribution in [0.25, 0.3) is 17.1 Å². The Labute approximate surface area is 126 Å². The summed E-state index contributed by atoms with van der Waals surface area (Å²) in [6, 6.07) is 14.8. The third-order valence-corrected chi connectivity index (χ3v) is 3.38. The molecule has 0 fully saturated rings. The molecule has 1 N–H and O–H groups in total. The Hall–Kier alpha value is -2.47. The van der Waals surface area contributed by atoms with Crippen molar-refractivity contribution in [3.05, 3.63) is 59.0 Å². The molecule has 0 aliphatic heterocycles. The Morgan fingerprint density at radius 3 is 2.38 bits per heavy atom. The van der Waals surface area contributed by atoms with E-state index in [0.29, 0.717) is 5.82 Å². The molecule has 106 valence electrons. The summed E-state index contributed by atoms with van der Waals surface area (Å²) < 4.78 is 6.78. The summed E-state index contributed by atoms with van der Waals surface area (Å²) in [5.74, 6) is 1.30. The number of hydrogen-bond donors (Lipinski definition) is 2. The molecule has 3 rings (SSSR count). The van der Waals surface area contributed by atoms with Gasteiger partial charge in [-0.1, -0.05) is 0 Å². The fourth-order valence-electron chi connectivity index (χ4n) is 2.04. The normalized spacial score (nSPS) is 10.6. The van der Waals surface area contributed by atoms with Crippen molar-refractivity contribution in [3.63, 3.8) is 0 Å². The van der Waals surface area contributed by atoms with Crippen molar-refractivity contribution < 1.29 is 4.74 Å². The van der Waals surface area contributed by atoms with Crippen LogP contribution >= 0.6 is 12.6 Å². The highest BCUT2D eigenvalue weighted by atomic mass is 32.1. The zero-order chi connectivity index (χ0) is 14.8. The van der Waals surface area contributed by atoms with Crippen molar-refractivity contribution in [2.45, 2.75) is 4.90 Å². The summed E-state index contributed by atoms with van der Waals surface area (Å²) in [4.78, 5) is 16.5. The van der Waals surface area contributed by atoms with Gasteiger partial charge in [0.05, 0.1) is 12.8 Å². The number of H-pyrrole nitrogens is 1. The van der Waals surface area contributed by atoms with Gasteiger partial charge in [0.2, 0.25) is 0 Å². The van der Waals surface area contributed by atoms with Crippen LogP contribution in [-0.4, -0.2) is 21.9 Å². The van der Waals surface area contributed by atoms with Crippen LogP contribution < -0.4 is 10.4 Å². The second-order valence-corrected chi connectivity index (χ2v) is 4.95. The highest BCUT2D eigenvalue weighted by Gasteiger charge is 2.10. The standard InChI is InChI=1S/C15H13N3O2S/c1-20-12-6-2-10(3-7-12)14-16-15(19)17-18(14)11-4-8-13(21)9-5-11/h2-9,21H,1H3,(H,17,19). The molecule has 0 saturated carbocycles. The lowest BCUT2D eigenvalue weighted by molar-refractivity contribution is 0.415. The van der Waals surface area contributed by atoms with Crippen molar-refractivity contribution >= 4 is 12.6 Å². The topological polar surface area (TPSA) is 59.9 Å². The summed E-state index contributed by atoms with van der Waals surface area (Å²) in [6.07, 6.45) is 0. The maximum absolute atomic E-state index is 11.6. The van der Waals surface area contributed by atoms with Crippen LogP contribution in [0, 0.1) is 0 Å². The molecule has 2 aromatic carbocycles. The Kier molecular flexibility index (Phi) is 3.53. The maximum Gasteiger partial charge on any atom is 0.362 e. The molecule has 0 aliphatic rings. The SMILES string of the molecule is COc1ccc(-c2nc(=O)[nH]n2-c2ccc(S)cc2)cc1. The average Bonchev–Trinajstić information content (AvgIpc) is 2.90. The van der Waals surface area contributed by atoms with E-state index < -0.39 is 5.69 Å². The van der Waals surface area contributed by atoms with E-state index in [9.17, 15) is 4.79 Å². The minimum absolute atomic E-state index is 0.393. The molecule has 0 spiro atoms. The van der Waals surface area contributed by atoms with E-state index in [4.69, 9.17) is 4.74 Å². The third kappa shape index (κ3) is 2.71. The van der Waals surface area contributed by atoms with E-state index in [0.717, 1.165) is 21.9 Å². The molecule has 0 amide bonds. The van der Waals surface area contributed by atoms with E-state index in [-0.39, 0.29) is 0 Å². The van der Waals surface area contributed by atoms with Gasteiger partial charge in [0.25, 0.3) is 0 Å². The molecule has 1 aromatic heterocycles. The molecule has 21 heavy (non-hydrogen) atoms. The predicted octanol–water partition coefficient (Wildman–Crippen LogP) is 2.52. The van der Waals surface area contributed by atoms with Crippen LogP contribution in [0.15, 0.2) is 58.2 Å². The van der Waals surface area contributed by atoms with Crippen LogP contribution in [0.5, 0.6) is 5.75 Å². The number of aromatic nitrogens is 3. The number of benzene rings is 2. The van der Waals surface area contributed by atoms with Crippen LogP contribution in [0.3, 0.4) is 0 Å². The van der Waals surface area contributed by atoms with Gasteiger partial charge in [0, 0.05) is 10.5 Å². The highest BCUT2D eigenvalue weighted by molar-refractivity contribution is 7.80. The first kappa shape index (κ1) is 13.5. The number of hydrogen-bond acceptors (Lipinski definition) is 4. The monoisotopic (exact) mass is 299 g/mol. The van der Waals surface area contributed by atoms with Gasteiger partial charge in [0.1, 0.15) is 5.75 Å². The molecular weight excluding hydrogens is 286 g/mol. The minimum atomic E-state index is -0.393. The summed E-state index contributed by atoms with van der Waals surface area (Å²) in [5, 5.41) is 2.70. The lowest BCUT2D eigenvalue weighted by atomic mass is 10.2. The Morgan fingerprint density at radius 1 is 1.10 bits per heavy atom. The van der Waals surface area contributed by atoms with E-state index in [1.807, 2.05) is 48.5 Å². The van der Waals surface area contributed by atoms with Gasteiger partial charge in [-0.2, -0.15) is 4.98 Å². The van der Waals surface area contributed by atoms with Gasteiger partial charge < -0.3 is 4.74 Å². The molecule has 0 unspecified atom stereocenters. The Bertz CT molecular complexity index is 804. The van der Waals surface area contributed by atoms with Gasteiger partial charge in [-0.3, -0.25) is 0 Å². The second-order valence-electron chi connectivity index (χ2n) is 4.43. The van der Waals surface area contributed by atoms with Crippen LogP contribution in [0.1, 0.15) is 0 Å². The van der Waals surface area contributed by atoms with E-state index in [1.165, 1.54) is 0 Å². The first-order valence-electron chi connectivity index (χ1n) is 6.30. The molecular formula is C15H13N3O2S. The summed E-state index contributed by atoms with van der Waals surface area (Å²) in [5.41, 5.74) is 1.24. The van der Waals surface area contributed by atoms with Gasteiger partial charge in [-0.15, -0.1) is 12.6 Å². The number of thiol groups is 1. The lowest BCUT2D eigenvalue weighted by Crippen LogP contribution is -2.05. The summed E-state index contributed by atoms with van der Waals surface area (Å²) in [6.45, 7) is 0. The first-order valence-corrected chi connectivity index (χ1v) is 6.75. The molecule has 3 aromatic rings. The number of ether oxygens (including phenoxy) is 1. The maximum atomic E-state index is 11.6. The zero-order valence-corrected chi connectivity index (χ0v) is 12.2. The van der Waals surface area contributed by atoms with E-state index >= 15 is 0 Å². The predicted molar refractivity (Wildman–Crippen MR) is 83.4 cm³/mol. The number of aromatic amines is 1. The molecule has 0 aliphatic carbocycles. The van der Waals surface area contributed by atoms with Gasteiger partial charge in [-0.25, -0.2) is 14.6 Å². The smallest absolute Gasteiger partial charge is 0.362 e. The molecule has 0 radical (unpaired) electrons. The molecule has 0 atom stereocenters. The summed E-state index contributed by atoms with van der Waals surface area (Å²) in [7, 11) is 1.61. The largest absolute Gasteiger partial charge is 0.497 e. The van der Waals surface area contributed by atoms with Crippen molar-refractivity contribution in [1.29, 1.82) is 0 Å². The highest BCUT2D eigenvalue weighted by Crippen LogP contribution is 2.22. The zero-order valence-electron chi connectivity index (χ0n) is 11.3. The van der Waals surface area contributed by atoms with Gasteiger partial charge in [-0.05, 0) is 48.5 Å². The Morgan fingerprint density at radius 2 is 1.76 bits per heavy atom. The summed E-state index contributed by atoms with van der Waals surface area (Å²) >= 11 is 4.26. The van der Waals surface area contributed by atoms with Crippen LogP contribution in [-0.2, 0) is 0 Å². The van der Waals surface area contributed by atoms with E-state index in [1.54, 1.807) is 11.8 Å². The minimum Gasteiger partial charge on any atom is -0.497 e. The Balaban J connectivity index is 2.10. The van der Waals surface area contributed by atoms with Crippen molar-refractivity contribution in [2.75, 3.05) is 7.11 Å². The molecule has 0 saturated heterocycles. The molecule has 0 bridgehead atoms. The van der Waals surface area contributed by atoms with Crippen molar-refractivity contribution in [1.82, 2.24) is 14.8 Å². The van der Waals surface area contributed by atoms with Crippen molar-refractivity contribution in [3.8, 4) is 22.8 Å². The first-order chi connectivity index (χ1) is 10.2. The third-order valence-electron chi connectivity index (χ3n) is 3.08. The van der Waals surface area contributed by atoms with Crippen molar-refractivity contribution in [2.24, 2.45) is 0 Å².